The van der Waals surface area contributed by atoms with Gasteiger partial charge in [-0.1, -0.05) is 13.3 Å². The summed E-state index contributed by atoms with van der Waals surface area (Å²) in [6.07, 6.45) is 2.42. The Bertz CT molecular complexity index is 428. The van der Waals surface area contributed by atoms with Crippen molar-refractivity contribution in [3.63, 3.8) is 0 Å². The second-order valence-electron chi connectivity index (χ2n) is 4.77. The van der Waals surface area contributed by atoms with Gasteiger partial charge in [-0.25, -0.2) is 0 Å². The molecule has 1 unspecified atom stereocenters. The van der Waals surface area contributed by atoms with Gasteiger partial charge in [0, 0.05) is 24.8 Å². The van der Waals surface area contributed by atoms with E-state index in [0.29, 0.717) is 5.56 Å². The van der Waals surface area contributed by atoms with Gasteiger partial charge in [0.25, 0.3) is 0 Å². The Hall–Kier alpha value is -1.51. The third-order valence-electron chi connectivity index (χ3n) is 3.59. The average Bonchev–Trinajstić information content (AvgIpc) is 2.76. The first-order valence-electron chi connectivity index (χ1n) is 6.20. The van der Waals surface area contributed by atoms with Crippen LogP contribution in [0.4, 0.5) is 5.69 Å². The lowest BCUT2D eigenvalue weighted by atomic mass is 10.1. The smallest absolute Gasteiger partial charge is 0.163 e. The van der Waals surface area contributed by atoms with Crippen LogP contribution in [0.1, 0.15) is 37.0 Å². The molecular weight excluding hydrogens is 214 g/mol. The van der Waals surface area contributed by atoms with E-state index in [9.17, 15) is 9.90 Å². The van der Waals surface area contributed by atoms with Gasteiger partial charge in [-0.2, -0.15) is 0 Å². The number of carbonyl (C=O) groups is 1. The Morgan fingerprint density at radius 1 is 1.53 bits per heavy atom. The van der Waals surface area contributed by atoms with E-state index in [1.807, 2.05) is 6.07 Å². The molecule has 92 valence electrons. The Morgan fingerprint density at radius 2 is 2.29 bits per heavy atom. The average molecular weight is 233 g/mol. The second-order valence-corrected chi connectivity index (χ2v) is 4.77. The number of hydrogen-bond donors (Lipinski definition) is 1. The highest BCUT2D eigenvalue weighted by atomic mass is 16.3. The number of aromatic hydroxyl groups is 1. The third-order valence-corrected chi connectivity index (χ3v) is 3.59. The summed E-state index contributed by atoms with van der Waals surface area (Å²) in [4.78, 5) is 13.5. The Morgan fingerprint density at radius 3 is 2.82 bits per heavy atom. The van der Waals surface area contributed by atoms with E-state index in [4.69, 9.17) is 0 Å². The molecule has 0 saturated carbocycles. The number of phenols is 1. The van der Waals surface area contributed by atoms with Crippen LogP contribution in [0.2, 0.25) is 0 Å². The van der Waals surface area contributed by atoms with Gasteiger partial charge in [-0.3, -0.25) is 4.79 Å². The number of nitrogens with zero attached hydrogens (tertiary/aromatic N) is 1. The summed E-state index contributed by atoms with van der Waals surface area (Å²) < 4.78 is 0. The zero-order valence-electron chi connectivity index (χ0n) is 10.4. The monoisotopic (exact) mass is 233 g/mol. The van der Waals surface area contributed by atoms with Crippen LogP contribution in [0.15, 0.2) is 18.2 Å². The second kappa shape index (κ2) is 4.78. The molecule has 3 heteroatoms. The molecule has 1 atom stereocenters. The Balaban J connectivity index is 2.18. The Labute approximate surface area is 102 Å². The molecule has 17 heavy (non-hydrogen) atoms. The van der Waals surface area contributed by atoms with Crippen molar-refractivity contribution in [3.05, 3.63) is 23.8 Å². The number of ketones is 1. The molecule has 1 saturated heterocycles. The van der Waals surface area contributed by atoms with E-state index in [1.165, 1.54) is 19.8 Å². The van der Waals surface area contributed by atoms with E-state index in [1.54, 1.807) is 12.1 Å². The molecule has 1 heterocycles. The molecule has 1 aliphatic rings. The van der Waals surface area contributed by atoms with Crippen molar-refractivity contribution in [1.82, 2.24) is 0 Å². The molecule has 0 bridgehead atoms. The Kier molecular flexibility index (Phi) is 3.36. The van der Waals surface area contributed by atoms with Crippen LogP contribution in [0.25, 0.3) is 0 Å². The summed E-state index contributed by atoms with van der Waals surface area (Å²) in [5, 5.41) is 9.80. The van der Waals surface area contributed by atoms with E-state index in [-0.39, 0.29) is 11.5 Å². The summed E-state index contributed by atoms with van der Waals surface area (Å²) in [5.74, 6) is 0.751. The molecule has 1 N–H and O–H groups in total. The first-order chi connectivity index (χ1) is 8.11. The lowest BCUT2D eigenvalue weighted by Gasteiger charge is -2.19. The topological polar surface area (TPSA) is 40.5 Å². The highest BCUT2D eigenvalue weighted by molar-refractivity contribution is 5.97. The van der Waals surface area contributed by atoms with Crippen molar-refractivity contribution in [1.29, 1.82) is 0 Å². The minimum atomic E-state index is -0.0955. The fourth-order valence-electron chi connectivity index (χ4n) is 2.41. The van der Waals surface area contributed by atoms with Crippen LogP contribution in [-0.2, 0) is 0 Å². The third kappa shape index (κ3) is 2.43. The lowest BCUT2D eigenvalue weighted by Crippen LogP contribution is -2.19. The van der Waals surface area contributed by atoms with Crippen LogP contribution < -0.4 is 4.90 Å². The van der Waals surface area contributed by atoms with Gasteiger partial charge in [-0.15, -0.1) is 0 Å². The van der Waals surface area contributed by atoms with Gasteiger partial charge in [0.15, 0.2) is 5.78 Å². The molecule has 0 amide bonds. The van der Waals surface area contributed by atoms with Crippen LogP contribution in [-0.4, -0.2) is 24.0 Å². The van der Waals surface area contributed by atoms with Crippen molar-refractivity contribution in [2.75, 3.05) is 18.0 Å². The number of benzene rings is 1. The van der Waals surface area contributed by atoms with Crippen LogP contribution >= 0.6 is 0 Å². The molecule has 1 aliphatic heterocycles. The molecule has 0 aliphatic carbocycles. The highest BCUT2D eigenvalue weighted by Gasteiger charge is 2.21. The van der Waals surface area contributed by atoms with Gasteiger partial charge in [0.1, 0.15) is 5.75 Å². The van der Waals surface area contributed by atoms with Gasteiger partial charge in [0.2, 0.25) is 0 Å². The summed E-state index contributed by atoms with van der Waals surface area (Å²) in [6.45, 7) is 5.77. The van der Waals surface area contributed by atoms with E-state index < -0.39 is 0 Å². The van der Waals surface area contributed by atoms with E-state index in [2.05, 4.69) is 11.8 Å². The number of phenolic OH excluding ortho intramolecular Hbond substituents is 1. The zero-order chi connectivity index (χ0) is 12.4. The maximum absolute atomic E-state index is 11.2. The van der Waals surface area contributed by atoms with Crippen molar-refractivity contribution in [2.45, 2.75) is 26.7 Å². The van der Waals surface area contributed by atoms with Gasteiger partial charge >= 0.3 is 0 Å². The molecule has 0 radical (unpaired) electrons. The van der Waals surface area contributed by atoms with Crippen LogP contribution in [0, 0.1) is 5.92 Å². The lowest BCUT2D eigenvalue weighted by molar-refractivity contribution is 0.101. The van der Waals surface area contributed by atoms with Crippen molar-refractivity contribution >= 4 is 11.5 Å². The molecule has 1 aromatic carbocycles. The van der Waals surface area contributed by atoms with Gasteiger partial charge in [0.05, 0.1) is 5.56 Å². The number of carbonyl (C=O) groups excluding carboxylic acids is 1. The molecule has 2 rings (SSSR count). The quantitative estimate of drug-likeness (QED) is 0.816. The van der Waals surface area contributed by atoms with Crippen molar-refractivity contribution in [3.8, 4) is 5.75 Å². The number of rotatable bonds is 3. The molecule has 0 spiro atoms. The summed E-state index contributed by atoms with van der Waals surface area (Å²) in [5.41, 5.74) is 1.42. The first kappa shape index (κ1) is 12.0. The molecule has 1 aromatic rings. The highest BCUT2D eigenvalue weighted by Crippen LogP contribution is 2.29. The van der Waals surface area contributed by atoms with E-state index in [0.717, 1.165) is 24.7 Å². The predicted molar refractivity (Wildman–Crippen MR) is 68.7 cm³/mol. The minimum absolute atomic E-state index is 0.0925. The summed E-state index contributed by atoms with van der Waals surface area (Å²) in [6, 6.07) is 5.34. The maximum atomic E-state index is 11.2. The van der Waals surface area contributed by atoms with E-state index >= 15 is 0 Å². The normalized spacial score (nSPS) is 19.6. The van der Waals surface area contributed by atoms with Crippen molar-refractivity contribution < 1.29 is 9.90 Å². The largest absolute Gasteiger partial charge is 0.507 e. The van der Waals surface area contributed by atoms with Crippen molar-refractivity contribution in [2.24, 2.45) is 5.92 Å². The number of hydrogen-bond acceptors (Lipinski definition) is 3. The SMILES string of the molecule is CCC1CCN(c2ccc(C(C)=O)c(O)c2)C1. The number of anilines is 1. The van der Waals surface area contributed by atoms with Crippen LogP contribution in [0.3, 0.4) is 0 Å². The minimum Gasteiger partial charge on any atom is -0.507 e. The zero-order valence-corrected chi connectivity index (χ0v) is 10.4. The number of Topliss-reactive ketones (excluding diaryl/α,β-unsaturated/α-hetero) is 1. The van der Waals surface area contributed by atoms with Gasteiger partial charge < -0.3 is 10.0 Å². The fourth-order valence-corrected chi connectivity index (χ4v) is 2.41. The summed E-state index contributed by atoms with van der Waals surface area (Å²) >= 11 is 0. The predicted octanol–water partition coefficient (Wildman–Crippen LogP) is 2.83. The first-order valence-corrected chi connectivity index (χ1v) is 6.20. The molecular formula is C14H19NO2. The summed E-state index contributed by atoms with van der Waals surface area (Å²) in [7, 11) is 0. The van der Waals surface area contributed by atoms with Crippen LogP contribution in [0.5, 0.6) is 5.75 Å². The van der Waals surface area contributed by atoms with Gasteiger partial charge in [-0.05, 0) is 31.4 Å². The molecule has 3 nitrogen and oxygen atoms in total. The standard InChI is InChI=1S/C14H19NO2/c1-3-11-6-7-15(9-11)12-4-5-13(10(2)16)14(17)8-12/h4-5,8,11,17H,3,6-7,9H2,1-2H3. The molecule has 1 fully saturated rings. The fraction of sp³-hybridized carbons (Fsp3) is 0.500. The maximum Gasteiger partial charge on any atom is 0.163 e. The molecule has 0 aromatic heterocycles.